The van der Waals surface area contributed by atoms with Crippen LogP contribution in [0.2, 0.25) is 0 Å². The van der Waals surface area contributed by atoms with E-state index in [9.17, 15) is 9.59 Å². The molecular weight excluding hydrogens is 470 g/mol. The largest absolute Gasteiger partial charge is 0.301 e. The molecule has 7 rings (SSSR count). The highest BCUT2D eigenvalue weighted by Gasteiger charge is 2.46. The second-order valence-corrected chi connectivity index (χ2v) is 12.4. The van der Waals surface area contributed by atoms with E-state index in [0.717, 1.165) is 9.88 Å². The number of hydrogen-bond donors (Lipinski definition) is 0. The molecule has 0 radical (unpaired) electrons. The highest BCUT2D eigenvalue weighted by molar-refractivity contribution is 7.17. The van der Waals surface area contributed by atoms with Gasteiger partial charge in [-0.2, -0.15) is 11.3 Å². The van der Waals surface area contributed by atoms with Crippen molar-refractivity contribution in [3.05, 3.63) is 103 Å². The van der Waals surface area contributed by atoms with Crippen LogP contribution in [0, 0.1) is 0 Å². The number of hydrogen-bond acceptors (Lipinski definition) is 5. The van der Waals surface area contributed by atoms with Crippen molar-refractivity contribution in [2.75, 3.05) is 4.90 Å². The van der Waals surface area contributed by atoms with Gasteiger partial charge in [0.2, 0.25) is 0 Å². The lowest BCUT2D eigenvalue weighted by molar-refractivity contribution is 0.0990. The van der Waals surface area contributed by atoms with E-state index >= 15 is 0 Å². The maximum atomic E-state index is 12.9. The quantitative estimate of drug-likeness (QED) is 0.199. The minimum atomic E-state index is -0.214. The molecule has 1 aliphatic carbocycles. The molecule has 0 atom stereocenters. The zero-order chi connectivity index (χ0) is 24.3. The number of para-hydroxylation sites is 2. The highest BCUT2D eigenvalue weighted by atomic mass is 32.1. The van der Waals surface area contributed by atoms with Crippen molar-refractivity contribution in [2.24, 2.45) is 0 Å². The molecule has 5 heteroatoms. The van der Waals surface area contributed by atoms with E-state index in [1.54, 1.807) is 28.2 Å². The summed E-state index contributed by atoms with van der Waals surface area (Å²) in [5, 5.41) is 4.73. The van der Waals surface area contributed by atoms with Crippen LogP contribution >= 0.6 is 22.7 Å². The van der Waals surface area contributed by atoms with Crippen LogP contribution in [0.25, 0.3) is 6.08 Å². The van der Waals surface area contributed by atoms with E-state index in [0.29, 0.717) is 11.1 Å². The summed E-state index contributed by atoms with van der Waals surface area (Å²) in [6.07, 6.45) is 1.81. The van der Waals surface area contributed by atoms with Crippen LogP contribution in [-0.4, -0.2) is 11.6 Å². The van der Waals surface area contributed by atoms with Crippen LogP contribution in [0.15, 0.2) is 64.9 Å². The predicted molar refractivity (Wildman–Crippen MR) is 144 cm³/mol. The highest BCUT2D eigenvalue weighted by Crippen LogP contribution is 2.61. The van der Waals surface area contributed by atoms with Gasteiger partial charge in [0, 0.05) is 37.6 Å². The van der Waals surface area contributed by atoms with E-state index in [4.69, 9.17) is 0 Å². The molecule has 0 N–H and O–H groups in total. The average molecular weight is 494 g/mol. The maximum absolute atomic E-state index is 12.9. The summed E-state index contributed by atoms with van der Waals surface area (Å²) in [5.74, 6) is -0.319. The number of ketones is 2. The van der Waals surface area contributed by atoms with Crippen LogP contribution in [0.5, 0.6) is 0 Å². The molecule has 4 aromatic rings. The van der Waals surface area contributed by atoms with Crippen molar-refractivity contribution in [3.8, 4) is 0 Å². The number of nitrogens with zero attached hydrogens (tertiary/aromatic N) is 1. The second-order valence-electron chi connectivity index (χ2n) is 10.6. The smallest absolute Gasteiger partial charge is 0.198 e. The Hall–Kier alpha value is -3.28. The van der Waals surface area contributed by atoms with E-state index < -0.39 is 0 Å². The van der Waals surface area contributed by atoms with Gasteiger partial charge in [-0.1, -0.05) is 64.1 Å². The molecule has 0 saturated carbocycles. The lowest BCUT2D eigenvalue weighted by atomic mass is 9.67. The van der Waals surface area contributed by atoms with E-state index in [2.05, 4.69) is 81.1 Å². The fourth-order valence-electron chi connectivity index (χ4n) is 6.01. The van der Waals surface area contributed by atoms with E-state index in [-0.39, 0.29) is 28.0 Å². The van der Waals surface area contributed by atoms with Crippen molar-refractivity contribution in [3.63, 3.8) is 0 Å². The number of anilines is 3. The van der Waals surface area contributed by atoms with Gasteiger partial charge in [0.05, 0.1) is 16.9 Å². The van der Waals surface area contributed by atoms with Gasteiger partial charge < -0.3 is 4.90 Å². The van der Waals surface area contributed by atoms with Gasteiger partial charge in [-0.25, -0.2) is 0 Å². The van der Waals surface area contributed by atoms with Crippen LogP contribution < -0.4 is 4.90 Å². The van der Waals surface area contributed by atoms with Crippen molar-refractivity contribution < 1.29 is 9.59 Å². The normalized spacial score (nSPS) is 18.2. The summed E-state index contributed by atoms with van der Waals surface area (Å²) < 4.78 is 0. The standard InChI is InChI=1S/C30H23NO2S2/c1-29(2)20-8-5-6-11-24(20)31-25-21(29)9-7-10-22(25)30(3,4)23-13-16(35-28(23)31)12-17-26(32)18-14-34-15-19(18)27(17)33/h5-15H,1-4H3. The molecule has 0 saturated heterocycles. The van der Waals surface area contributed by atoms with E-state index in [1.807, 2.05) is 0 Å². The number of benzene rings is 2. The van der Waals surface area contributed by atoms with Crippen LogP contribution in [0.4, 0.5) is 16.4 Å². The number of Topliss-reactive ketones (excluding diaryl/α,β-unsaturated/α-hetero) is 2. The fraction of sp³-hybridized carbons (Fsp3) is 0.200. The Morgan fingerprint density at radius 1 is 0.771 bits per heavy atom. The Balaban J connectivity index is 1.47. The number of allylic oxidation sites excluding steroid dienone is 1. The Labute approximate surface area is 212 Å². The first kappa shape index (κ1) is 21.0. The second kappa shape index (κ2) is 6.68. The lowest BCUT2D eigenvalue weighted by Crippen LogP contribution is -2.37. The first-order valence-electron chi connectivity index (χ1n) is 11.8. The SMILES string of the molecule is CC1(C)c2ccccc2N2c3sc(C=C4C(=O)c5cscc5C4=O)cc3C(C)(C)c3cccc1c32. The summed E-state index contributed by atoms with van der Waals surface area (Å²) in [6.45, 7) is 9.17. The molecule has 0 unspecified atom stereocenters. The monoisotopic (exact) mass is 493 g/mol. The minimum Gasteiger partial charge on any atom is -0.301 e. The summed E-state index contributed by atoms with van der Waals surface area (Å²) in [7, 11) is 0. The van der Waals surface area contributed by atoms with Crippen molar-refractivity contribution in [2.45, 2.75) is 38.5 Å². The van der Waals surface area contributed by atoms with Crippen LogP contribution in [0.3, 0.4) is 0 Å². The molecule has 2 aromatic heterocycles. The number of thiophene rings is 2. The Morgan fingerprint density at radius 2 is 1.37 bits per heavy atom. The molecule has 2 aliphatic heterocycles. The summed E-state index contributed by atoms with van der Waals surface area (Å²) >= 11 is 3.06. The van der Waals surface area contributed by atoms with Crippen LogP contribution in [-0.2, 0) is 10.8 Å². The third-order valence-electron chi connectivity index (χ3n) is 7.96. The fourth-order valence-corrected chi connectivity index (χ4v) is 8.10. The topological polar surface area (TPSA) is 37.4 Å². The third-order valence-corrected chi connectivity index (χ3v) is 9.77. The minimum absolute atomic E-state index is 0.117. The number of fused-ring (bicyclic) bond motifs is 5. The molecular formula is C30H23NO2S2. The first-order chi connectivity index (χ1) is 16.7. The van der Waals surface area contributed by atoms with Gasteiger partial charge in [0.25, 0.3) is 0 Å². The molecule has 0 fully saturated rings. The summed E-state index contributed by atoms with van der Waals surface area (Å²) in [4.78, 5) is 29.2. The molecule has 3 aliphatic rings. The molecule has 0 amide bonds. The number of rotatable bonds is 1. The summed E-state index contributed by atoms with van der Waals surface area (Å²) in [6, 6.07) is 17.5. The van der Waals surface area contributed by atoms with Gasteiger partial charge in [-0.05, 0) is 40.5 Å². The molecule has 35 heavy (non-hydrogen) atoms. The van der Waals surface area contributed by atoms with Gasteiger partial charge in [-0.15, -0.1) is 11.3 Å². The van der Waals surface area contributed by atoms with E-state index in [1.165, 1.54) is 45.0 Å². The maximum Gasteiger partial charge on any atom is 0.198 e. The predicted octanol–water partition coefficient (Wildman–Crippen LogP) is 8.02. The Kier molecular flexibility index (Phi) is 4.02. The van der Waals surface area contributed by atoms with Gasteiger partial charge in [-0.3, -0.25) is 9.59 Å². The Bertz CT molecular complexity index is 1610. The lowest BCUT2D eigenvalue weighted by Gasteiger charge is -2.48. The molecule has 4 heterocycles. The third kappa shape index (κ3) is 2.55. The molecule has 2 aromatic carbocycles. The van der Waals surface area contributed by atoms with Crippen molar-refractivity contribution >= 4 is 56.7 Å². The number of carbonyl (C=O) groups is 2. The zero-order valence-corrected chi connectivity index (χ0v) is 21.6. The Morgan fingerprint density at radius 3 is 2.06 bits per heavy atom. The van der Waals surface area contributed by atoms with Gasteiger partial charge >= 0.3 is 0 Å². The van der Waals surface area contributed by atoms with Crippen molar-refractivity contribution in [1.82, 2.24) is 0 Å². The molecule has 3 nitrogen and oxygen atoms in total. The molecule has 0 spiro atoms. The molecule has 172 valence electrons. The number of carbonyl (C=O) groups excluding carboxylic acids is 2. The zero-order valence-electron chi connectivity index (χ0n) is 19.9. The first-order valence-corrected chi connectivity index (χ1v) is 13.5. The summed E-state index contributed by atoms with van der Waals surface area (Å²) in [5.41, 5.74) is 8.64. The van der Waals surface area contributed by atoms with Gasteiger partial charge in [0.1, 0.15) is 5.00 Å². The van der Waals surface area contributed by atoms with Crippen molar-refractivity contribution in [1.29, 1.82) is 0 Å². The molecule has 0 bridgehead atoms. The van der Waals surface area contributed by atoms with Crippen LogP contribution in [0.1, 0.15) is 75.5 Å². The van der Waals surface area contributed by atoms with Gasteiger partial charge in [0.15, 0.2) is 11.6 Å². The average Bonchev–Trinajstić information content (AvgIpc) is 3.54.